The zero-order valence-electron chi connectivity index (χ0n) is 17.2. The van der Waals surface area contributed by atoms with Crippen LogP contribution in [0.5, 0.6) is 0 Å². The minimum atomic E-state index is -1.11. The number of rotatable bonds is 4. The molecule has 1 aliphatic heterocycles. The summed E-state index contributed by atoms with van der Waals surface area (Å²) in [6.07, 6.45) is 7.23. The lowest BCUT2D eigenvalue weighted by atomic mass is 9.62. The summed E-state index contributed by atoms with van der Waals surface area (Å²) in [5.74, 6) is -2.32. The van der Waals surface area contributed by atoms with Gasteiger partial charge in [-0.15, -0.1) is 0 Å². The zero-order chi connectivity index (χ0) is 21.6. The first kappa shape index (κ1) is 21.3. The molecular weight excluding hydrogens is 376 g/mol. The van der Waals surface area contributed by atoms with E-state index in [1.165, 1.54) is 19.9 Å². The van der Waals surface area contributed by atoms with Crippen LogP contribution >= 0.6 is 0 Å². The Morgan fingerprint density at radius 3 is 2.66 bits per heavy atom. The minimum Gasteiger partial charge on any atom is -0.478 e. The van der Waals surface area contributed by atoms with Crippen molar-refractivity contribution in [1.29, 1.82) is 0 Å². The fraction of sp³-hybridized carbons (Fsp3) is 0.591. The number of carbonyl (C=O) groups excluding carboxylic acids is 2. The Labute approximate surface area is 170 Å². The molecule has 0 spiro atoms. The summed E-state index contributed by atoms with van der Waals surface area (Å²) in [6, 6.07) is 0. The van der Waals surface area contributed by atoms with Crippen LogP contribution in [0, 0.1) is 11.3 Å². The second-order valence-corrected chi connectivity index (χ2v) is 8.62. The van der Waals surface area contributed by atoms with Crippen LogP contribution in [-0.2, 0) is 23.9 Å². The summed E-state index contributed by atoms with van der Waals surface area (Å²) in [5.41, 5.74) is -2.39. The van der Waals surface area contributed by atoms with E-state index in [2.05, 4.69) is 0 Å². The van der Waals surface area contributed by atoms with E-state index in [1.807, 2.05) is 6.08 Å². The van der Waals surface area contributed by atoms with Crippen LogP contribution in [0.2, 0.25) is 0 Å². The molecule has 1 saturated carbocycles. The van der Waals surface area contributed by atoms with Crippen molar-refractivity contribution >= 4 is 17.9 Å². The van der Waals surface area contributed by atoms with Crippen LogP contribution in [0.1, 0.15) is 53.4 Å². The molecule has 0 amide bonds. The Hall–Kier alpha value is -2.41. The molecule has 5 atom stereocenters. The fourth-order valence-electron chi connectivity index (χ4n) is 5.27. The van der Waals surface area contributed by atoms with Crippen LogP contribution in [0.25, 0.3) is 0 Å². The van der Waals surface area contributed by atoms with Gasteiger partial charge in [0.2, 0.25) is 0 Å². The van der Waals surface area contributed by atoms with E-state index >= 15 is 0 Å². The van der Waals surface area contributed by atoms with Gasteiger partial charge >= 0.3 is 17.9 Å². The molecular formula is C22H28O7. The maximum Gasteiger partial charge on any atom is 0.331 e. The molecule has 1 saturated heterocycles. The summed E-state index contributed by atoms with van der Waals surface area (Å²) < 4.78 is 11.8. The Balaban J connectivity index is 2.10. The number of allylic oxidation sites excluding steroid dienone is 2. The standard InChI is InChI=1S/C22H28O7/c1-13-7-11-22(28-15(3)23)17-8-10-21(22,12-16(13)24)19(27)29-20(17,4)9-5-6-14(2)18(25)26/h5-7,9,16-17,24H,8,10-12H2,1-4H3,(H,25,26)/b9-5+,14-6+/t16-,17+,20-,21+,22+/m1/s1. The number of carboxylic acids is 1. The van der Waals surface area contributed by atoms with Gasteiger partial charge in [-0.2, -0.15) is 0 Å². The van der Waals surface area contributed by atoms with E-state index in [4.69, 9.17) is 14.6 Å². The highest BCUT2D eigenvalue weighted by Crippen LogP contribution is 2.65. The number of aliphatic carboxylic acids is 1. The van der Waals surface area contributed by atoms with Crippen molar-refractivity contribution in [2.45, 2.75) is 70.7 Å². The number of hydrogen-bond acceptors (Lipinski definition) is 6. The smallest absolute Gasteiger partial charge is 0.331 e. The molecule has 2 fully saturated rings. The summed E-state index contributed by atoms with van der Waals surface area (Å²) in [7, 11) is 0. The molecule has 7 heteroatoms. The SMILES string of the molecule is CC(=O)O[C@]12CC=C(C)[C@H](O)C[C@]13CC[C@H]2[C@@](C)(/C=C/C=C(\C)C(=O)O)OC3=O. The predicted octanol–water partition coefficient (Wildman–Crippen LogP) is 2.69. The van der Waals surface area contributed by atoms with E-state index in [9.17, 15) is 19.5 Å². The van der Waals surface area contributed by atoms with Gasteiger partial charge in [0, 0.05) is 24.8 Å². The van der Waals surface area contributed by atoms with Crippen molar-refractivity contribution in [3.05, 3.63) is 35.5 Å². The highest BCUT2D eigenvalue weighted by Gasteiger charge is 2.75. The second-order valence-electron chi connectivity index (χ2n) is 8.62. The van der Waals surface area contributed by atoms with Crippen LogP contribution in [0.4, 0.5) is 0 Å². The van der Waals surface area contributed by atoms with Crippen molar-refractivity contribution in [3.63, 3.8) is 0 Å². The topological polar surface area (TPSA) is 110 Å². The number of cyclic esters (lactones) is 1. The molecule has 1 heterocycles. The number of aliphatic hydroxyl groups is 1. The number of hydrogen-bond donors (Lipinski definition) is 2. The maximum absolute atomic E-state index is 13.3. The second kappa shape index (κ2) is 7.13. The third-order valence-corrected chi connectivity index (χ3v) is 6.86. The lowest BCUT2D eigenvalue weighted by molar-refractivity contribution is -0.236. The average Bonchev–Trinajstić information content (AvgIpc) is 2.81. The molecule has 0 unspecified atom stereocenters. The number of esters is 2. The maximum atomic E-state index is 13.3. The monoisotopic (exact) mass is 404 g/mol. The lowest BCUT2D eigenvalue weighted by Crippen LogP contribution is -2.65. The van der Waals surface area contributed by atoms with Crippen molar-refractivity contribution < 1.29 is 34.1 Å². The lowest BCUT2D eigenvalue weighted by Gasteiger charge is -2.54. The third-order valence-electron chi connectivity index (χ3n) is 6.86. The molecule has 3 aliphatic rings. The summed E-state index contributed by atoms with van der Waals surface area (Å²) in [5, 5.41) is 19.6. The van der Waals surface area contributed by atoms with Gasteiger partial charge in [-0.05, 0) is 51.7 Å². The molecule has 0 aromatic heterocycles. The molecule has 2 bridgehead atoms. The minimum absolute atomic E-state index is 0.149. The first-order valence-corrected chi connectivity index (χ1v) is 9.84. The summed E-state index contributed by atoms with van der Waals surface area (Å²) in [6.45, 7) is 6.36. The number of carbonyl (C=O) groups is 3. The number of ether oxygens (including phenoxy) is 2. The van der Waals surface area contributed by atoms with Crippen molar-refractivity contribution in [3.8, 4) is 0 Å². The van der Waals surface area contributed by atoms with Crippen molar-refractivity contribution in [1.82, 2.24) is 0 Å². The molecule has 2 N–H and O–H groups in total. The van der Waals surface area contributed by atoms with Crippen LogP contribution in [-0.4, -0.2) is 45.4 Å². The van der Waals surface area contributed by atoms with E-state index in [-0.39, 0.29) is 17.9 Å². The van der Waals surface area contributed by atoms with E-state index < -0.39 is 40.6 Å². The largest absolute Gasteiger partial charge is 0.478 e. The summed E-state index contributed by atoms with van der Waals surface area (Å²) >= 11 is 0. The molecule has 0 aromatic rings. The predicted molar refractivity (Wildman–Crippen MR) is 104 cm³/mol. The molecule has 0 radical (unpaired) electrons. The van der Waals surface area contributed by atoms with Gasteiger partial charge in [0.25, 0.3) is 0 Å². The van der Waals surface area contributed by atoms with Gasteiger partial charge in [-0.1, -0.05) is 18.2 Å². The molecule has 158 valence electrons. The molecule has 0 aromatic carbocycles. The van der Waals surface area contributed by atoms with Gasteiger partial charge in [0.15, 0.2) is 0 Å². The van der Waals surface area contributed by atoms with Crippen molar-refractivity contribution in [2.24, 2.45) is 11.3 Å². The Bertz CT molecular complexity index is 838. The van der Waals surface area contributed by atoms with E-state index in [1.54, 1.807) is 26.0 Å². The quantitative estimate of drug-likeness (QED) is 0.321. The Morgan fingerprint density at radius 2 is 2.03 bits per heavy atom. The van der Waals surface area contributed by atoms with Gasteiger partial charge in [0.05, 0.1) is 6.10 Å². The Kier molecular flexibility index (Phi) is 5.24. The van der Waals surface area contributed by atoms with Gasteiger partial charge in [0.1, 0.15) is 16.6 Å². The first-order valence-electron chi connectivity index (χ1n) is 9.84. The first-order chi connectivity index (χ1) is 13.5. The fourth-order valence-corrected chi connectivity index (χ4v) is 5.27. The Morgan fingerprint density at radius 1 is 1.34 bits per heavy atom. The molecule has 3 rings (SSSR count). The summed E-state index contributed by atoms with van der Waals surface area (Å²) in [4.78, 5) is 36.5. The number of carboxylic acid groups (broad SMARTS) is 1. The number of aliphatic hydroxyl groups excluding tert-OH is 1. The zero-order valence-corrected chi connectivity index (χ0v) is 17.2. The molecule has 2 aliphatic carbocycles. The molecule has 29 heavy (non-hydrogen) atoms. The van der Waals surface area contributed by atoms with Crippen LogP contribution in [0.3, 0.4) is 0 Å². The highest BCUT2D eigenvalue weighted by molar-refractivity contribution is 5.86. The van der Waals surface area contributed by atoms with E-state index in [0.29, 0.717) is 19.3 Å². The average molecular weight is 404 g/mol. The third kappa shape index (κ3) is 3.21. The van der Waals surface area contributed by atoms with Gasteiger partial charge in [-0.25, -0.2) is 4.79 Å². The normalized spacial score (nSPS) is 39.4. The molecule has 7 nitrogen and oxygen atoms in total. The van der Waals surface area contributed by atoms with Crippen LogP contribution in [0.15, 0.2) is 35.5 Å². The van der Waals surface area contributed by atoms with Crippen LogP contribution < -0.4 is 0 Å². The van der Waals surface area contributed by atoms with E-state index in [0.717, 1.165) is 5.57 Å². The highest BCUT2D eigenvalue weighted by atomic mass is 16.6. The van der Waals surface area contributed by atoms with Crippen molar-refractivity contribution in [2.75, 3.05) is 0 Å². The van der Waals surface area contributed by atoms with Gasteiger partial charge < -0.3 is 19.7 Å². The van der Waals surface area contributed by atoms with Gasteiger partial charge in [-0.3, -0.25) is 9.59 Å².